The lowest BCUT2D eigenvalue weighted by atomic mass is 10.4. The van der Waals surface area contributed by atoms with Crippen LogP contribution in [-0.2, 0) is 0 Å². The minimum absolute atomic E-state index is 0.115. The monoisotopic (exact) mass is 215 g/mol. The van der Waals surface area contributed by atoms with E-state index in [1.807, 2.05) is 4.90 Å². The smallest absolute Gasteiger partial charge is 0.151 e. The van der Waals surface area contributed by atoms with Gasteiger partial charge in [0.1, 0.15) is 0 Å². The van der Waals surface area contributed by atoms with Gasteiger partial charge in [-0.1, -0.05) is 18.5 Å². The molecule has 4 nitrogen and oxygen atoms in total. The zero-order valence-corrected chi connectivity index (χ0v) is 8.91. The minimum atomic E-state index is 0.115. The van der Waals surface area contributed by atoms with Crippen molar-refractivity contribution in [2.75, 3.05) is 24.6 Å². The van der Waals surface area contributed by atoms with E-state index >= 15 is 0 Å². The fourth-order valence-electron chi connectivity index (χ4n) is 1.21. The Morgan fingerprint density at radius 3 is 2.64 bits per heavy atom. The summed E-state index contributed by atoms with van der Waals surface area (Å²) in [5, 5.41) is 17.0. The normalized spacial score (nSPS) is 10.2. The molecule has 14 heavy (non-hydrogen) atoms. The van der Waals surface area contributed by atoms with Gasteiger partial charge >= 0.3 is 0 Å². The van der Waals surface area contributed by atoms with Crippen LogP contribution in [0.4, 0.5) is 5.82 Å². The maximum Gasteiger partial charge on any atom is 0.151 e. The van der Waals surface area contributed by atoms with Crippen molar-refractivity contribution in [3.63, 3.8) is 0 Å². The highest BCUT2D eigenvalue weighted by Crippen LogP contribution is 2.11. The van der Waals surface area contributed by atoms with Crippen molar-refractivity contribution in [3.8, 4) is 0 Å². The Kier molecular flexibility index (Phi) is 4.62. The Balaban J connectivity index is 2.71. The molecule has 0 fully saturated rings. The van der Waals surface area contributed by atoms with Crippen molar-refractivity contribution in [1.29, 1.82) is 0 Å². The van der Waals surface area contributed by atoms with Crippen LogP contribution in [0.1, 0.15) is 13.3 Å². The van der Waals surface area contributed by atoms with Crippen LogP contribution in [0.25, 0.3) is 0 Å². The van der Waals surface area contributed by atoms with Gasteiger partial charge in [-0.3, -0.25) is 0 Å². The first-order valence-corrected chi connectivity index (χ1v) is 5.00. The number of rotatable bonds is 5. The molecule has 1 aromatic rings. The van der Waals surface area contributed by atoms with Gasteiger partial charge in [-0.05, 0) is 18.6 Å². The molecule has 1 heterocycles. The van der Waals surface area contributed by atoms with Crippen molar-refractivity contribution in [1.82, 2.24) is 10.2 Å². The third-order valence-corrected chi connectivity index (χ3v) is 2.01. The molecular formula is C9H14ClN3O. The van der Waals surface area contributed by atoms with Gasteiger partial charge in [-0.15, -0.1) is 10.2 Å². The van der Waals surface area contributed by atoms with E-state index in [-0.39, 0.29) is 6.61 Å². The average molecular weight is 216 g/mol. The van der Waals surface area contributed by atoms with E-state index < -0.39 is 0 Å². The first-order valence-electron chi connectivity index (χ1n) is 4.63. The van der Waals surface area contributed by atoms with E-state index in [1.54, 1.807) is 12.1 Å². The molecule has 0 bridgehead atoms. The molecule has 1 aromatic heterocycles. The zero-order chi connectivity index (χ0) is 10.4. The number of halogens is 1. The quantitative estimate of drug-likeness (QED) is 0.806. The van der Waals surface area contributed by atoms with Crippen LogP contribution >= 0.6 is 11.6 Å². The summed E-state index contributed by atoms with van der Waals surface area (Å²) in [5.74, 6) is 0.755. The Bertz CT molecular complexity index is 259. The third kappa shape index (κ3) is 3.12. The maximum atomic E-state index is 8.86. The topological polar surface area (TPSA) is 49.2 Å². The van der Waals surface area contributed by atoms with Crippen LogP contribution in [0.3, 0.4) is 0 Å². The molecule has 0 aliphatic rings. The number of anilines is 1. The molecule has 0 spiro atoms. The molecule has 1 N–H and O–H groups in total. The highest BCUT2D eigenvalue weighted by molar-refractivity contribution is 6.29. The number of nitrogens with zero attached hydrogens (tertiary/aromatic N) is 3. The van der Waals surface area contributed by atoms with Gasteiger partial charge in [0.25, 0.3) is 0 Å². The SMILES string of the molecule is CCCN(CCO)c1ccc(Cl)nn1. The van der Waals surface area contributed by atoms with Crippen molar-refractivity contribution in [2.24, 2.45) is 0 Å². The lowest BCUT2D eigenvalue weighted by Gasteiger charge is -2.21. The molecule has 5 heteroatoms. The Morgan fingerprint density at radius 1 is 1.36 bits per heavy atom. The van der Waals surface area contributed by atoms with E-state index in [1.165, 1.54) is 0 Å². The lowest BCUT2D eigenvalue weighted by molar-refractivity contribution is 0.301. The first kappa shape index (κ1) is 11.2. The van der Waals surface area contributed by atoms with Gasteiger partial charge < -0.3 is 10.0 Å². The van der Waals surface area contributed by atoms with Gasteiger partial charge in [0.05, 0.1) is 6.61 Å². The number of hydrogen-bond acceptors (Lipinski definition) is 4. The molecule has 0 aliphatic heterocycles. The van der Waals surface area contributed by atoms with E-state index in [4.69, 9.17) is 16.7 Å². The minimum Gasteiger partial charge on any atom is -0.395 e. The van der Waals surface area contributed by atoms with Gasteiger partial charge in [0, 0.05) is 13.1 Å². The third-order valence-electron chi connectivity index (χ3n) is 1.81. The van der Waals surface area contributed by atoms with Crippen molar-refractivity contribution >= 4 is 17.4 Å². The van der Waals surface area contributed by atoms with Crippen LogP contribution in [0.15, 0.2) is 12.1 Å². The van der Waals surface area contributed by atoms with Crippen LogP contribution in [-0.4, -0.2) is 35.0 Å². The van der Waals surface area contributed by atoms with Crippen LogP contribution < -0.4 is 4.90 Å². The van der Waals surface area contributed by atoms with Crippen molar-refractivity contribution < 1.29 is 5.11 Å². The fraction of sp³-hybridized carbons (Fsp3) is 0.556. The molecule has 0 radical (unpaired) electrons. The van der Waals surface area contributed by atoms with Gasteiger partial charge in [-0.2, -0.15) is 0 Å². The van der Waals surface area contributed by atoms with E-state index in [2.05, 4.69) is 17.1 Å². The summed E-state index contributed by atoms with van der Waals surface area (Å²) in [7, 11) is 0. The number of aliphatic hydroxyl groups is 1. The Labute approximate surface area is 88.5 Å². The van der Waals surface area contributed by atoms with Crippen molar-refractivity contribution in [2.45, 2.75) is 13.3 Å². The molecule has 0 aliphatic carbocycles. The summed E-state index contributed by atoms with van der Waals surface area (Å²) < 4.78 is 0. The van der Waals surface area contributed by atoms with Crippen LogP contribution in [0, 0.1) is 0 Å². The summed E-state index contributed by atoms with van der Waals surface area (Å²) in [6, 6.07) is 3.50. The van der Waals surface area contributed by atoms with Gasteiger partial charge in [0.2, 0.25) is 0 Å². The van der Waals surface area contributed by atoms with Crippen molar-refractivity contribution in [3.05, 3.63) is 17.3 Å². The molecule has 0 atom stereocenters. The van der Waals surface area contributed by atoms with Gasteiger partial charge in [-0.25, -0.2) is 0 Å². The summed E-state index contributed by atoms with van der Waals surface area (Å²) in [4.78, 5) is 1.98. The molecule has 0 saturated carbocycles. The molecule has 1 rings (SSSR count). The second kappa shape index (κ2) is 5.78. The van der Waals surface area contributed by atoms with E-state index in [0.29, 0.717) is 11.7 Å². The number of hydrogen-bond donors (Lipinski definition) is 1. The van der Waals surface area contributed by atoms with Crippen LogP contribution in [0.2, 0.25) is 5.15 Å². The zero-order valence-electron chi connectivity index (χ0n) is 8.15. The fourth-order valence-corrected chi connectivity index (χ4v) is 1.31. The molecule has 78 valence electrons. The highest BCUT2D eigenvalue weighted by Gasteiger charge is 2.06. The standard InChI is InChI=1S/C9H14ClN3O/c1-2-5-13(6-7-14)9-4-3-8(10)11-12-9/h3-4,14H,2,5-7H2,1H3. The molecule has 0 saturated heterocycles. The molecular weight excluding hydrogens is 202 g/mol. The molecule has 0 amide bonds. The Hall–Kier alpha value is -0.870. The second-order valence-corrected chi connectivity index (χ2v) is 3.31. The Morgan fingerprint density at radius 2 is 2.14 bits per heavy atom. The summed E-state index contributed by atoms with van der Waals surface area (Å²) in [5.41, 5.74) is 0. The summed E-state index contributed by atoms with van der Waals surface area (Å²) >= 11 is 5.63. The summed E-state index contributed by atoms with van der Waals surface area (Å²) in [6.45, 7) is 3.62. The second-order valence-electron chi connectivity index (χ2n) is 2.92. The predicted molar refractivity (Wildman–Crippen MR) is 56.6 cm³/mol. The molecule has 0 aromatic carbocycles. The largest absolute Gasteiger partial charge is 0.395 e. The highest BCUT2D eigenvalue weighted by atomic mass is 35.5. The average Bonchev–Trinajstić information content (AvgIpc) is 2.19. The predicted octanol–water partition coefficient (Wildman–Crippen LogP) is 1.34. The van der Waals surface area contributed by atoms with Gasteiger partial charge in [0.15, 0.2) is 11.0 Å². The van der Waals surface area contributed by atoms with E-state index in [0.717, 1.165) is 18.8 Å². The van der Waals surface area contributed by atoms with Crippen LogP contribution in [0.5, 0.6) is 0 Å². The molecule has 0 unspecified atom stereocenters. The number of aliphatic hydroxyl groups excluding tert-OH is 1. The first-order chi connectivity index (χ1) is 6.77. The maximum absolute atomic E-state index is 8.86. The number of aromatic nitrogens is 2. The van der Waals surface area contributed by atoms with E-state index in [9.17, 15) is 0 Å². The lowest BCUT2D eigenvalue weighted by Crippen LogP contribution is -2.28. The summed E-state index contributed by atoms with van der Waals surface area (Å²) in [6.07, 6.45) is 1.00.